The molecule has 0 saturated heterocycles. The minimum Gasteiger partial charge on any atom is -0.497 e. The molecule has 4 heteroatoms. The van der Waals surface area contributed by atoms with Gasteiger partial charge < -0.3 is 14.6 Å². The maximum Gasteiger partial charge on any atom is 0.119 e. The lowest BCUT2D eigenvalue weighted by Crippen LogP contribution is -2.31. The first-order valence-electron chi connectivity index (χ1n) is 7.58. The number of nitrogens with zero attached hydrogens (tertiary/aromatic N) is 2. The van der Waals surface area contributed by atoms with Crippen LogP contribution in [0.1, 0.15) is 22.9 Å². The summed E-state index contributed by atoms with van der Waals surface area (Å²) in [5.41, 5.74) is 5.22. The predicted octanol–water partition coefficient (Wildman–Crippen LogP) is 2.82. The van der Waals surface area contributed by atoms with Crippen molar-refractivity contribution in [2.24, 2.45) is 7.05 Å². The van der Waals surface area contributed by atoms with Crippen molar-refractivity contribution in [3.05, 3.63) is 59.5 Å². The highest BCUT2D eigenvalue weighted by atomic mass is 16.5. The fraction of sp³-hybridized carbons (Fsp3) is 0.278. The zero-order chi connectivity index (χ0) is 15.1. The molecule has 1 N–H and O–H groups in total. The maximum atomic E-state index is 5.40. The van der Waals surface area contributed by atoms with E-state index in [2.05, 4.69) is 40.1 Å². The highest BCUT2D eigenvalue weighted by Crippen LogP contribution is 2.36. The molecule has 4 rings (SSSR count). The average Bonchev–Trinajstić information content (AvgIpc) is 2.88. The number of fused-ring (bicyclic) bond motifs is 3. The third-order valence-corrected chi connectivity index (χ3v) is 4.58. The van der Waals surface area contributed by atoms with E-state index in [9.17, 15) is 0 Å². The molecule has 2 aromatic heterocycles. The summed E-state index contributed by atoms with van der Waals surface area (Å²) >= 11 is 0. The maximum absolute atomic E-state index is 5.40. The molecule has 0 aliphatic carbocycles. The van der Waals surface area contributed by atoms with Crippen molar-refractivity contribution < 1.29 is 4.74 Å². The summed E-state index contributed by atoms with van der Waals surface area (Å²) in [5.74, 6) is 0.914. The number of rotatable bonds is 2. The first-order chi connectivity index (χ1) is 10.8. The number of ether oxygens (including phenoxy) is 1. The van der Waals surface area contributed by atoms with Gasteiger partial charge in [-0.25, -0.2) is 0 Å². The predicted molar refractivity (Wildman–Crippen MR) is 87.3 cm³/mol. The lowest BCUT2D eigenvalue weighted by atomic mass is 9.95. The molecule has 0 bridgehead atoms. The van der Waals surface area contributed by atoms with Gasteiger partial charge in [0.15, 0.2) is 0 Å². The first-order valence-corrected chi connectivity index (χ1v) is 7.58. The monoisotopic (exact) mass is 293 g/mol. The van der Waals surface area contributed by atoms with Crippen molar-refractivity contribution in [2.45, 2.75) is 12.5 Å². The first kappa shape index (κ1) is 13.3. The van der Waals surface area contributed by atoms with Crippen LogP contribution in [0.3, 0.4) is 0 Å². The Bertz CT molecular complexity index is 823. The van der Waals surface area contributed by atoms with Crippen LogP contribution in [0.5, 0.6) is 5.75 Å². The van der Waals surface area contributed by atoms with Gasteiger partial charge in [0.25, 0.3) is 0 Å². The van der Waals surface area contributed by atoms with Crippen LogP contribution in [-0.4, -0.2) is 23.2 Å². The van der Waals surface area contributed by atoms with Gasteiger partial charge in [0.2, 0.25) is 0 Å². The van der Waals surface area contributed by atoms with Crippen molar-refractivity contribution >= 4 is 10.9 Å². The van der Waals surface area contributed by atoms with E-state index in [4.69, 9.17) is 4.74 Å². The Balaban J connectivity index is 1.95. The third kappa shape index (κ3) is 1.91. The van der Waals surface area contributed by atoms with Crippen LogP contribution in [0.2, 0.25) is 0 Å². The quantitative estimate of drug-likeness (QED) is 0.789. The minimum atomic E-state index is 0.195. The van der Waals surface area contributed by atoms with E-state index in [0.29, 0.717) is 0 Å². The number of methoxy groups -OCH3 is 1. The molecule has 0 saturated carbocycles. The fourth-order valence-corrected chi connectivity index (χ4v) is 3.54. The molecule has 0 amide bonds. The van der Waals surface area contributed by atoms with Crippen LogP contribution in [0.25, 0.3) is 10.9 Å². The summed E-state index contributed by atoms with van der Waals surface area (Å²) in [6.07, 6.45) is 4.81. The number of aryl methyl sites for hydroxylation is 1. The van der Waals surface area contributed by atoms with Gasteiger partial charge >= 0.3 is 0 Å². The second-order valence-electron chi connectivity index (χ2n) is 5.73. The molecule has 3 heterocycles. The largest absolute Gasteiger partial charge is 0.497 e. The third-order valence-electron chi connectivity index (χ3n) is 4.58. The summed E-state index contributed by atoms with van der Waals surface area (Å²) < 4.78 is 7.70. The fourth-order valence-electron chi connectivity index (χ4n) is 3.54. The highest BCUT2D eigenvalue weighted by Gasteiger charge is 2.27. The molecular weight excluding hydrogens is 274 g/mol. The summed E-state index contributed by atoms with van der Waals surface area (Å²) in [7, 11) is 3.86. The van der Waals surface area contributed by atoms with E-state index >= 15 is 0 Å². The normalized spacial score (nSPS) is 17.5. The average molecular weight is 293 g/mol. The molecular formula is C18H19N3O. The molecule has 4 nitrogen and oxygen atoms in total. The molecule has 0 radical (unpaired) electrons. The SMILES string of the molecule is COc1ccc2c(c1)c1c(n2C)C(c2cccnc2)NCC1. The van der Waals surface area contributed by atoms with Crippen LogP contribution in [0.4, 0.5) is 0 Å². The van der Waals surface area contributed by atoms with Gasteiger partial charge in [-0.05, 0) is 41.8 Å². The van der Waals surface area contributed by atoms with E-state index < -0.39 is 0 Å². The standard InChI is InChI=1S/C18H19N3O/c1-21-16-6-5-13(22-2)10-15(16)14-7-9-20-17(18(14)21)12-4-3-8-19-11-12/h3-6,8,10-11,17,20H,7,9H2,1-2H3. The Morgan fingerprint density at radius 1 is 1.32 bits per heavy atom. The highest BCUT2D eigenvalue weighted by molar-refractivity contribution is 5.87. The van der Waals surface area contributed by atoms with Gasteiger partial charge in [0.05, 0.1) is 13.2 Å². The molecule has 0 fully saturated rings. The van der Waals surface area contributed by atoms with Gasteiger partial charge in [-0.1, -0.05) is 6.07 Å². The Labute approximate surface area is 129 Å². The second kappa shape index (κ2) is 5.14. The number of benzene rings is 1. The minimum absolute atomic E-state index is 0.195. The summed E-state index contributed by atoms with van der Waals surface area (Å²) in [6.45, 7) is 0.975. The molecule has 3 aromatic rings. The zero-order valence-electron chi connectivity index (χ0n) is 12.8. The van der Waals surface area contributed by atoms with Crippen molar-refractivity contribution in [1.82, 2.24) is 14.9 Å². The van der Waals surface area contributed by atoms with Crippen LogP contribution in [0, 0.1) is 0 Å². The number of nitrogens with one attached hydrogen (secondary N) is 1. The Kier molecular flexibility index (Phi) is 3.12. The molecule has 1 aromatic carbocycles. The molecule has 1 aliphatic heterocycles. The number of hydrogen-bond donors (Lipinski definition) is 1. The topological polar surface area (TPSA) is 39.1 Å². The zero-order valence-corrected chi connectivity index (χ0v) is 12.8. The van der Waals surface area contributed by atoms with Crippen LogP contribution in [-0.2, 0) is 13.5 Å². The Morgan fingerprint density at radius 2 is 2.23 bits per heavy atom. The number of pyridine rings is 1. The Morgan fingerprint density at radius 3 is 3.00 bits per heavy atom. The van der Waals surface area contributed by atoms with Gasteiger partial charge in [-0.2, -0.15) is 0 Å². The molecule has 112 valence electrons. The van der Waals surface area contributed by atoms with Crippen molar-refractivity contribution in [2.75, 3.05) is 13.7 Å². The lowest BCUT2D eigenvalue weighted by molar-refractivity contribution is 0.415. The summed E-state index contributed by atoms with van der Waals surface area (Å²) in [4.78, 5) is 4.27. The molecule has 1 unspecified atom stereocenters. The summed E-state index contributed by atoms with van der Waals surface area (Å²) in [6, 6.07) is 10.7. The van der Waals surface area contributed by atoms with E-state index in [0.717, 1.165) is 18.7 Å². The van der Waals surface area contributed by atoms with E-state index in [-0.39, 0.29) is 6.04 Å². The van der Waals surface area contributed by atoms with Crippen LogP contribution in [0.15, 0.2) is 42.7 Å². The second-order valence-corrected chi connectivity index (χ2v) is 5.73. The smallest absolute Gasteiger partial charge is 0.119 e. The van der Waals surface area contributed by atoms with Crippen molar-refractivity contribution in [3.8, 4) is 5.75 Å². The molecule has 1 aliphatic rings. The number of hydrogen-bond acceptors (Lipinski definition) is 3. The van der Waals surface area contributed by atoms with Crippen molar-refractivity contribution in [1.29, 1.82) is 0 Å². The molecule has 0 spiro atoms. The van der Waals surface area contributed by atoms with E-state index in [1.165, 1.54) is 27.7 Å². The lowest BCUT2D eigenvalue weighted by Gasteiger charge is -2.26. The summed E-state index contributed by atoms with van der Waals surface area (Å²) in [5, 5.41) is 4.93. The molecule has 22 heavy (non-hydrogen) atoms. The van der Waals surface area contributed by atoms with Crippen LogP contribution < -0.4 is 10.1 Å². The van der Waals surface area contributed by atoms with Gasteiger partial charge in [0.1, 0.15) is 5.75 Å². The van der Waals surface area contributed by atoms with Gasteiger partial charge in [0, 0.05) is 42.6 Å². The van der Waals surface area contributed by atoms with Crippen LogP contribution >= 0.6 is 0 Å². The van der Waals surface area contributed by atoms with E-state index in [1.807, 2.05) is 24.5 Å². The van der Waals surface area contributed by atoms with Crippen molar-refractivity contribution in [3.63, 3.8) is 0 Å². The van der Waals surface area contributed by atoms with E-state index in [1.54, 1.807) is 7.11 Å². The Hall–Kier alpha value is -2.33. The van der Waals surface area contributed by atoms with Gasteiger partial charge in [-0.3, -0.25) is 4.98 Å². The van der Waals surface area contributed by atoms with Gasteiger partial charge in [-0.15, -0.1) is 0 Å². The number of aromatic nitrogens is 2. The molecule has 1 atom stereocenters.